The van der Waals surface area contributed by atoms with Crippen LogP contribution < -0.4 is 0 Å². The maximum absolute atomic E-state index is 9.87. The Hall–Kier alpha value is -0.120. The van der Waals surface area contributed by atoms with Gasteiger partial charge in [-0.3, -0.25) is 0 Å². The van der Waals surface area contributed by atoms with Crippen molar-refractivity contribution in [3.63, 3.8) is 0 Å². The number of hydrogen-bond acceptors (Lipinski definition) is 3. The van der Waals surface area contributed by atoms with Gasteiger partial charge < -0.3 is 14.7 Å². The van der Waals surface area contributed by atoms with Gasteiger partial charge in [0.15, 0.2) is 0 Å². The molecule has 3 nitrogen and oxygen atoms in total. The predicted molar refractivity (Wildman–Crippen MR) is 73.6 cm³/mol. The van der Waals surface area contributed by atoms with E-state index in [0.717, 1.165) is 38.6 Å². The highest BCUT2D eigenvalue weighted by Crippen LogP contribution is 2.39. The van der Waals surface area contributed by atoms with Crippen molar-refractivity contribution >= 4 is 0 Å². The Kier molecular flexibility index (Phi) is 5.05. The fourth-order valence-electron chi connectivity index (χ4n) is 3.80. The molecule has 3 unspecified atom stereocenters. The molecule has 0 aromatic carbocycles. The number of nitrogens with zero attached hydrogens (tertiary/aromatic N) is 1. The molecule has 0 bridgehead atoms. The van der Waals surface area contributed by atoms with E-state index in [1.165, 1.54) is 25.7 Å². The predicted octanol–water partition coefficient (Wildman–Crippen LogP) is 2.29. The third-order valence-corrected chi connectivity index (χ3v) is 4.62. The van der Waals surface area contributed by atoms with Gasteiger partial charge in [0.2, 0.25) is 0 Å². The summed E-state index contributed by atoms with van der Waals surface area (Å²) in [6.07, 6.45) is 6.46. The Balaban J connectivity index is 1.95. The molecule has 1 saturated heterocycles. The van der Waals surface area contributed by atoms with Gasteiger partial charge in [0.25, 0.3) is 0 Å². The minimum Gasteiger partial charge on any atom is -0.396 e. The minimum atomic E-state index is 0.154. The van der Waals surface area contributed by atoms with Crippen LogP contribution in [0.5, 0.6) is 0 Å². The number of rotatable bonds is 3. The molecule has 0 aromatic rings. The van der Waals surface area contributed by atoms with Gasteiger partial charge in [0.1, 0.15) is 0 Å². The van der Waals surface area contributed by atoms with Crippen LogP contribution in [-0.4, -0.2) is 49.0 Å². The summed E-state index contributed by atoms with van der Waals surface area (Å²) < 4.78 is 5.71. The Morgan fingerprint density at radius 1 is 1.33 bits per heavy atom. The average molecular weight is 255 g/mol. The molecule has 2 aliphatic rings. The van der Waals surface area contributed by atoms with E-state index in [0.29, 0.717) is 12.7 Å². The summed E-state index contributed by atoms with van der Waals surface area (Å²) in [6.45, 7) is 8.94. The highest BCUT2D eigenvalue weighted by atomic mass is 16.5. The molecule has 1 aliphatic carbocycles. The first-order valence-corrected chi connectivity index (χ1v) is 7.58. The molecule has 0 spiro atoms. The SMILES string of the molecule is CC1CCCC(CO)(CN2CCCOC(C)C2)C1. The first-order chi connectivity index (χ1) is 8.63. The van der Waals surface area contributed by atoms with E-state index >= 15 is 0 Å². The lowest BCUT2D eigenvalue weighted by atomic mass is 9.70. The molecule has 1 N–H and O–H groups in total. The Morgan fingerprint density at radius 3 is 2.89 bits per heavy atom. The topological polar surface area (TPSA) is 32.7 Å². The summed E-state index contributed by atoms with van der Waals surface area (Å²) >= 11 is 0. The lowest BCUT2D eigenvalue weighted by Gasteiger charge is -2.42. The molecule has 106 valence electrons. The van der Waals surface area contributed by atoms with Crippen molar-refractivity contribution in [2.24, 2.45) is 11.3 Å². The standard InChI is InChI=1S/C15H29NO2/c1-13-5-3-6-15(9-13,12-17)11-16-7-4-8-18-14(2)10-16/h13-14,17H,3-12H2,1-2H3. The van der Waals surface area contributed by atoms with Crippen LogP contribution in [0.1, 0.15) is 46.0 Å². The van der Waals surface area contributed by atoms with Crippen LogP contribution in [0.15, 0.2) is 0 Å². The zero-order chi connectivity index (χ0) is 13.0. The molecule has 1 saturated carbocycles. The van der Waals surface area contributed by atoms with Crippen molar-refractivity contribution in [1.29, 1.82) is 0 Å². The van der Waals surface area contributed by atoms with Gasteiger partial charge in [-0.15, -0.1) is 0 Å². The minimum absolute atomic E-state index is 0.154. The second kappa shape index (κ2) is 6.36. The average Bonchev–Trinajstić information content (AvgIpc) is 2.53. The molecular weight excluding hydrogens is 226 g/mol. The van der Waals surface area contributed by atoms with Gasteiger partial charge in [-0.1, -0.05) is 19.8 Å². The second-order valence-electron chi connectivity index (χ2n) is 6.63. The molecule has 18 heavy (non-hydrogen) atoms. The van der Waals surface area contributed by atoms with Crippen LogP contribution in [0, 0.1) is 11.3 Å². The van der Waals surface area contributed by atoms with Gasteiger partial charge in [0, 0.05) is 38.3 Å². The molecule has 1 heterocycles. The fourth-order valence-corrected chi connectivity index (χ4v) is 3.80. The summed E-state index contributed by atoms with van der Waals surface area (Å²) in [7, 11) is 0. The zero-order valence-electron chi connectivity index (χ0n) is 12.0. The normalized spacial score (nSPS) is 39.5. The first-order valence-electron chi connectivity index (χ1n) is 7.58. The lowest BCUT2D eigenvalue weighted by Crippen LogP contribution is -2.44. The van der Waals surface area contributed by atoms with Crippen molar-refractivity contribution in [2.75, 3.05) is 32.8 Å². The molecule has 0 radical (unpaired) electrons. The smallest absolute Gasteiger partial charge is 0.0673 e. The van der Waals surface area contributed by atoms with Crippen molar-refractivity contribution < 1.29 is 9.84 Å². The van der Waals surface area contributed by atoms with E-state index < -0.39 is 0 Å². The Bertz CT molecular complexity index is 259. The van der Waals surface area contributed by atoms with E-state index in [4.69, 9.17) is 4.74 Å². The van der Waals surface area contributed by atoms with E-state index in [2.05, 4.69) is 18.7 Å². The third kappa shape index (κ3) is 3.69. The molecule has 0 amide bonds. The molecular formula is C15H29NO2. The van der Waals surface area contributed by atoms with Gasteiger partial charge in [-0.05, 0) is 32.1 Å². The summed E-state index contributed by atoms with van der Waals surface area (Å²) in [4.78, 5) is 2.52. The maximum Gasteiger partial charge on any atom is 0.0673 e. The molecule has 2 fully saturated rings. The van der Waals surface area contributed by atoms with Crippen molar-refractivity contribution in [2.45, 2.75) is 52.1 Å². The highest BCUT2D eigenvalue weighted by molar-refractivity contribution is 4.88. The number of aliphatic hydroxyl groups is 1. The van der Waals surface area contributed by atoms with Crippen LogP contribution in [0.25, 0.3) is 0 Å². The zero-order valence-corrected chi connectivity index (χ0v) is 12.0. The van der Waals surface area contributed by atoms with Gasteiger partial charge in [-0.25, -0.2) is 0 Å². The van der Waals surface area contributed by atoms with Crippen LogP contribution in [0.4, 0.5) is 0 Å². The highest BCUT2D eigenvalue weighted by Gasteiger charge is 2.36. The molecule has 3 heteroatoms. The summed E-state index contributed by atoms with van der Waals surface area (Å²) in [6, 6.07) is 0. The van der Waals surface area contributed by atoms with Crippen LogP contribution in [0.2, 0.25) is 0 Å². The first kappa shape index (κ1) is 14.3. The van der Waals surface area contributed by atoms with E-state index in [1.807, 2.05) is 0 Å². The monoisotopic (exact) mass is 255 g/mol. The largest absolute Gasteiger partial charge is 0.396 e. The Labute approximate surface area is 112 Å². The van der Waals surface area contributed by atoms with E-state index in [1.54, 1.807) is 0 Å². The molecule has 3 atom stereocenters. The molecule has 2 rings (SSSR count). The summed E-state index contributed by atoms with van der Waals surface area (Å²) in [5, 5.41) is 9.87. The van der Waals surface area contributed by atoms with Crippen molar-refractivity contribution in [3.8, 4) is 0 Å². The molecule has 0 aromatic heterocycles. The lowest BCUT2D eigenvalue weighted by molar-refractivity contribution is 0.0134. The Morgan fingerprint density at radius 2 is 2.17 bits per heavy atom. The van der Waals surface area contributed by atoms with Crippen molar-refractivity contribution in [1.82, 2.24) is 4.90 Å². The molecule has 1 aliphatic heterocycles. The quantitative estimate of drug-likeness (QED) is 0.840. The number of ether oxygens (including phenoxy) is 1. The number of hydrogen-bond donors (Lipinski definition) is 1. The van der Waals surface area contributed by atoms with Crippen LogP contribution >= 0.6 is 0 Å². The van der Waals surface area contributed by atoms with Gasteiger partial charge in [0.05, 0.1) is 6.10 Å². The number of aliphatic hydroxyl groups excluding tert-OH is 1. The van der Waals surface area contributed by atoms with E-state index in [-0.39, 0.29) is 5.41 Å². The van der Waals surface area contributed by atoms with E-state index in [9.17, 15) is 5.11 Å². The second-order valence-corrected chi connectivity index (χ2v) is 6.63. The van der Waals surface area contributed by atoms with Crippen molar-refractivity contribution in [3.05, 3.63) is 0 Å². The maximum atomic E-state index is 9.87. The fraction of sp³-hybridized carbons (Fsp3) is 1.00. The van der Waals surface area contributed by atoms with Crippen LogP contribution in [0.3, 0.4) is 0 Å². The summed E-state index contributed by atoms with van der Waals surface area (Å²) in [5.74, 6) is 0.770. The van der Waals surface area contributed by atoms with Gasteiger partial charge >= 0.3 is 0 Å². The van der Waals surface area contributed by atoms with Gasteiger partial charge in [-0.2, -0.15) is 0 Å². The third-order valence-electron chi connectivity index (χ3n) is 4.62. The summed E-state index contributed by atoms with van der Waals surface area (Å²) in [5.41, 5.74) is 0.154. The van der Waals surface area contributed by atoms with Crippen LogP contribution in [-0.2, 0) is 4.74 Å².